The maximum absolute atomic E-state index is 6.81. The third-order valence-electron chi connectivity index (χ3n) is 9.34. The summed E-state index contributed by atoms with van der Waals surface area (Å²) in [5, 5.41) is 7.86. The molecule has 0 amide bonds. The normalized spacial score (nSPS) is 11.7. The average molecular weight is 627 g/mol. The molecule has 3 heterocycles. The summed E-state index contributed by atoms with van der Waals surface area (Å²) in [5.41, 5.74) is 7.24. The van der Waals surface area contributed by atoms with Crippen molar-refractivity contribution in [2.75, 3.05) is 0 Å². The Morgan fingerprint density at radius 2 is 1.06 bits per heavy atom. The molecule has 0 bridgehead atoms. The van der Waals surface area contributed by atoms with Gasteiger partial charge in [-0.05, 0) is 57.4 Å². The Kier molecular flexibility index (Phi) is 6.11. The minimum Gasteiger partial charge on any atom is -0.455 e. The third-order valence-corrected chi connectivity index (χ3v) is 9.34. The van der Waals surface area contributed by atoms with Crippen LogP contribution in [-0.4, -0.2) is 19.9 Å². The number of nitrogens with zero attached hydrogens (tertiary/aromatic N) is 4. The van der Waals surface area contributed by atoms with Crippen molar-refractivity contribution in [2.24, 2.45) is 0 Å². The van der Waals surface area contributed by atoms with Crippen LogP contribution in [-0.2, 0) is 0 Å². The fourth-order valence-corrected chi connectivity index (χ4v) is 6.97. The van der Waals surface area contributed by atoms with Crippen LogP contribution in [0.4, 0.5) is 0 Å². The Hall–Kier alpha value is -6.72. The molecule has 5 heteroatoms. The molecule has 49 heavy (non-hydrogen) atoms. The number of hydrogen-bond acceptors (Lipinski definition) is 5. The zero-order valence-corrected chi connectivity index (χ0v) is 26.2. The molecule has 5 nitrogen and oxygen atoms in total. The predicted molar refractivity (Wildman–Crippen MR) is 199 cm³/mol. The lowest BCUT2D eigenvalue weighted by Crippen LogP contribution is -2.00. The number of hydrogen-bond donors (Lipinski definition) is 0. The molecule has 0 fully saturated rings. The predicted octanol–water partition coefficient (Wildman–Crippen LogP) is 11.3. The lowest BCUT2D eigenvalue weighted by molar-refractivity contribution is 0.670. The lowest BCUT2D eigenvalue weighted by Gasteiger charge is -2.11. The van der Waals surface area contributed by atoms with Crippen LogP contribution in [0.3, 0.4) is 0 Å². The van der Waals surface area contributed by atoms with Crippen LogP contribution in [0.25, 0.3) is 99.7 Å². The molecule has 228 valence electrons. The fraction of sp³-hybridized carbons (Fsp3) is 0. The molecule has 0 aliphatic carbocycles. The second kappa shape index (κ2) is 10.9. The molecule has 0 atom stereocenters. The zero-order valence-electron chi connectivity index (χ0n) is 26.2. The van der Waals surface area contributed by atoms with E-state index in [9.17, 15) is 0 Å². The highest BCUT2D eigenvalue weighted by molar-refractivity contribution is 6.18. The monoisotopic (exact) mass is 626 g/mol. The Balaban J connectivity index is 1.26. The van der Waals surface area contributed by atoms with Crippen LogP contribution in [0.1, 0.15) is 0 Å². The summed E-state index contributed by atoms with van der Waals surface area (Å²) in [4.78, 5) is 19.7. The second-order valence-corrected chi connectivity index (χ2v) is 12.3. The van der Waals surface area contributed by atoms with Gasteiger partial charge in [-0.2, -0.15) is 0 Å². The molecule has 0 unspecified atom stereocenters. The summed E-state index contributed by atoms with van der Waals surface area (Å²) in [6, 6.07) is 52.2. The number of fused-ring (bicyclic) bond motifs is 7. The van der Waals surface area contributed by atoms with Crippen LogP contribution >= 0.6 is 0 Å². The zero-order chi connectivity index (χ0) is 32.3. The van der Waals surface area contributed by atoms with Crippen molar-refractivity contribution >= 4 is 54.4 Å². The van der Waals surface area contributed by atoms with E-state index in [0.29, 0.717) is 17.5 Å². The highest BCUT2D eigenvalue weighted by atomic mass is 16.3. The van der Waals surface area contributed by atoms with Gasteiger partial charge in [0.05, 0.1) is 5.52 Å². The van der Waals surface area contributed by atoms with E-state index in [4.69, 9.17) is 19.4 Å². The van der Waals surface area contributed by atoms with Gasteiger partial charge in [-0.25, -0.2) is 15.0 Å². The van der Waals surface area contributed by atoms with E-state index in [-0.39, 0.29) is 0 Å². The van der Waals surface area contributed by atoms with E-state index in [1.807, 2.05) is 79.0 Å². The first-order valence-corrected chi connectivity index (χ1v) is 16.3. The maximum atomic E-state index is 6.81. The van der Waals surface area contributed by atoms with Crippen LogP contribution < -0.4 is 0 Å². The highest BCUT2D eigenvalue weighted by Gasteiger charge is 2.21. The fourth-order valence-electron chi connectivity index (χ4n) is 6.97. The second-order valence-electron chi connectivity index (χ2n) is 12.3. The summed E-state index contributed by atoms with van der Waals surface area (Å²) in [6.07, 6.45) is 1.81. The summed E-state index contributed by atoms with van der Waals surface area (Å²) < 4.78 is 6.81. The van der Waals surface area contributed by atoms with Gasteiger partial charge in [0.2, 0.25) is 0 Å². The van der Waals surface area contributed by atoms with Crippen molar-refractivity contribution in [3.8, 4) is 45.3 Å². The maximum Gasteiger partial charge on any atom is 0.164 e. The van der Waals surface area contributed by atoms with Crippen molar-refractivity contribution in [2.45, 2.75) is 0 Å². The van der Waals surface area contributed by atoms with Crippen molar-refractivity contribution < 1.29 is 4.42 Å². The molecule has 3 aromatic heterocycles. The van der Waals surface area contributed by atoms with Gasteiger partial charge in [0.25, 0.3) is 0 Å². The van der Waals surface area contributed by atoms with Gasteiger partial charge in [0, 0.05) is 50.7 Å². The number of rotatable bonds is 4. The standard InChI is InChI=1S/C44H26N4O/c1-3-11-28(12-4-1)42-46-43(29-13-5-2-6-14-29)48-44(47-42)36-22-21-35(31-19-20-34-30(24-31)18-17-27-10-7-8-16-33(27)34)41-40(36)37-25-32-15-9-23-45-38(32)26-39(37)49-41/h1-26H. The molecule has 10 aromatic rings. The van der Waals surface area contributed by atoms with Crippen LogP contribution in [0.2, 0.25) is 0 Å². The summed E-state index contributed by atoms with van der Waals surface area (Å²) >= 11 is 0. The highest BCUT2D eigenvalue weighted by Crippen LogP contribution is 2.43. The van der Waals surface area contributed by atoms with E-state index in [1.165, 1.54) is 21.5 Å². The van der Waals surface area contributed by atoms with E-state index < -0.39 is 0 Å². The first kappa shape index (κ1) is 27.4. The summed E-state index contributed by atoms with van der Waals surface area (Å²) in [7, 11) is 0. The van der Waals surface area contributed by atoms with Gasteiger partial charge in [0.1, 0.15) is 11.2 Å². The first-order chi connectivity index (χ1) is 24.3. The number of furan rings is 1. The van der Waals surface area contributed by atoms with Crippen molar-refractivity contribution in [3.05, 3.63) is 158 Å². The quantitative estimate of drug-likeness (QED) is 0.182. The number of aromatic nitrogens is 4. The van der Waals surface area contributed by atoms with Crippen molar-refractivity contribution in [3.63, 3.8) is 0 Å². The van der Waals surface area contributed by atoms with Gasteiger partial charge in [0.15, 0.2) is 17.5 Å². The lowest BCUT2D eigenvalue weighted by atomic mass is 9.94. The van der Waals surface area contributed by atoms with Gasteiger partial charge in [-0.15, -0.1) is 0 Å². The van der Waals surface area contributed by atoms with Crippen LogP contribution in [0.15, 0.2) is 162 Å². The van der Waals surface area contributed by atoms with Crippen LogP contribution in [0, 0.1) is 0 Å². The summed E-state index contributed by atoms with van der Waals surface area (Å²) in [5.74, 6) is 1.82. The topological polar surface area (TPSA) is 64.7 Å². The largest absolute Gasteiger partial charge is 0.455 e. The molecule has 0 aliphatic heterocycles. The Morgan fingerprint density at radius 1 is 0.408 bits per heavy atom. The van der Waals surface area contributed by atoms with E-state index in [1.54, 1.807) is 0 Å². The van der Waals surface area contributed by atoms with E-state index >= 15 is 0 Å². The minimum absolute atomic E-state index is 0.586. The molecular formula is C44H26N4O. The Labute approximate surface area is 281 Å². The minimum atomic E-state index is 0.586. The molecule has 0 spiro atoms. The molecule has 0 radical (unpaired) electrons. The van der Waals surface area contributed by atoms with E-state index in [2.05, 4.69) is 83.8 Å². The average Bonchev–Trinajstić information content (AvgIpc) is 3.55. The van der Waals surface area contributed by atoms with Crippen molar-refractivity contribution in [1.29, 1.82) is 0 Å². The number of benzene rings is 7. The third kappa shape index (κ3) is 4.55. The van der Waals surface area contributed by atoms with Gasteiger partial charge in [-0.1, -0.05) is 115 Å². The van der Waals surface area contributed by atoms with E-state index in [0.717, 1.165) is 60.7 Å². The van der Waals surface area contributed by atoms with Gasteiger partial charge in [-0.3, -0.25) is 4.98 Å². The Morgan fingerprint density at radius 3 is 1.86 bits per heavy atom. The summed E-state index contributed by atoms with van der Waals surface area (Å²) in [6.45, 7) is 0. The molecule has 0 aliphatic rings. The van der Waals surface area contributed by atoms with Crippen LogP contribution in [0.5, 0.6) is 0 Å². The molecular weight excluding hydrogens is 601 g/mol. The van der Waals surface area contributed by atoms with Crippen molar-refractivity contribution in [1.82, 2.24) is 19.9 Å². The molecule has 0 N–H and O–H groups in total. The SMILES string of the molecule is c1ccc(-c2nc(-c3ccccc3)nc(-c3ccc(-c4ccc5c(ccc6ccccc65)c4)c4oc5cc6ncccc6cc5c34)n2)cc1. The molecule has 7 aromatic carbocycles. The molecule has 10 rings (SSSR count). The molecule has 0 saturated heterocycles. The number of pyridine rings is 1. The first-order valence-electron chi connectivity index (χ1n) is 16.3. The van der Waals surface area contributed by atoms with Gasteiger partial charge < -0.3 is 4.42 Å². The smallest absolute Gasteiger partial charge is 0.164 e. The molecule has 0 saturated carbocycles. The Bertz CT molecular complexity index is 2820. The van der Waals surface area contributed by atoms with Gasteiger partial charge >= 0.3 is 0 Å².